The molecule has 0 unspecified atom stereocenters. The molecule has 156 valence electrons. The van der Waals surface area contributed by atoms with Gasteiger partial charge in [-0.1, -0.05) is 12.1 Å². The Labute approximate surface area is 174 Å². The van der Waals surface area contributed by atoms with Gasteiger partial charge in [0.25, 0.3) is 5.91 Å². The van der Waals surface area contributed by atoms with Crippen LogP contribution in [0.2, 0.25) is 0 Å². The number of benzene rings is 2. The van der Waals surface area contributed by atoms with Crippen LogP contribution in [0.5, 0.6) is 11.5 Å². The molecule has 0 saturated carbocycles. The number of ether oxygens (including phenoxy) is 3. The number of rotatable bonds is 3. The zero-order chi connectivity index (χ0) is 21.3. The lowest BCUT2D eigenvalue weighted by molar-refractivity contribution is -0.00591. The minimum atomic E-state index is -0.630. The summed E-state index contributed by atoms with van der Waals surface area (Å²) < 4.78 is 16.3. The van der Waals surface area contributed by atoms with Crippen molar-refractivity contribution in [3.63, 3.8) is 0 Å². The summed E-state index contributed by atoms with van der Waals surface area (Å²) in [6.07, 6.45) is 1.34. The first kappa shape index (κ1) is 19.9. The van der Waals surface area contributed by atoms with Gasteiger partial charge in [-0.15, -0.1) is 0 Å². The number of methoxy groups -OCH3 is 2. The summed E-state index contributed by atoms with van der Waals surface area (Å²) >= 11 is 0. The maximum absolute atomic E-state index is 13.1. The summed E-state index contributed by atoms with van der Waals surface area (Å²) in [6.45, 7) is 0.863. The zero-order valence-corrected chi connectivity index (χ0v) is 17.0. The number of likely N-dealkylation sites (tertiary alicyclic amines) is 1. The van der Waals surface area contributed by atoms with Crippen LogP contribution in [0.25, 0.3) is 0 Å². The number of Topliss-reactive ketones (excluding diaryl/α,β-unsaturated/α-hetero) is 1. The average molecular weight is 409 g/mol. The zero-order valence-electron chi connectivity index (χ0n) is 17.0. The number of esters is 1. The third-order valence-corrected chi connectivity index (χ3v) is 5.82. The summed E-state index contributed by atoms with van der Waals surface area (Å²) in [5.41, 5.74) is 0.494. The summed E-state index contributed by atoms with van der Waals surface area (Å²) in [5.74, 6) is 0.427. The summed E-state index contributed by atoms with van der Waals surface area (Å²) in [4.78, 5) is 39.5. The molecule has 0 bridgehead atoms. The van der Waals surface area contributed by atoms with E-state index in [2.05, 4.69) is 0 Å². The Hall–Kier alpha value is -3.35. The Kier molecular flexibility index (Phi) is 5.20. The van der Waals surface area contributed by atoms with Crippen LogP contribution in [-0.2, 0) is 4.74 Å². The second-order valence-corrected chi connectivity index (χ2v) is 7.58. The molecule has 0 aromatic heterocycles. The van der Waals surface area contributed by atoms with Crippen molar-refractivity contribution in [2.75, 3.05) is 27.3 Å². The van der Waals surface area contributed by atoms with Crippen LogP contribution in [0.1, 0.15) is 50.3 Å². The largest absolute Gasteiger partial charge is 0.497 e. The lowest BCUT2D eigenvalue weighted by Crippen LogP contribution is -2.52. The molecule has 2 heterocycles. The maximum atomic E-state index is 13.1. The number of amides is 1. The molecule has 1 saturated heterocycles. The van der Waals surface area contributed by atoms with Gasteiger partial charge in [0.2, 0.25) is 0 Å². The molecule has 0 radical (unpaired) electrons. The number of hydrogen-bond donors (Lipinski definition) is 0. The van der Waals surface area contributed by atoms with Crippen LogP contribution in [0, 0.1) is 0 Å². The van der Waals surface area contributed by atoms with E-state index in [1.807, 2.05) is 0 Å². The molecule has 7 nitrogen and oxygen atoms in total. The Bertz CT molecular complexity index is 1010. The van der Waals surface area contributed by atoms with Crippen molar-refractivity contribution in [2.24, 2.45) is 0 Å². The number of piperidine rings is 1. The van der Waals surface area contributed by atoms with Gasteiger partial charge < -0.3 is 19.1 Å². The monoisotopic (exact) mass is 409 g/mol. The predicted octanol–water partition coefficient (Wildman–Crippen LogP) is 3.12. The van der Waals surface area contributed by atoms with Crippen LogP contribution >= 0.6 is 0 Å². The Morgan fingerprint density at radius 1 is 1.03 bits per heavy atom. The van der Waals surface area contributed by atoms with E-state index in [1.165, 1.54) is 7.11 Å². The van der Waals surface area contributed by atoms with Gasteiger partial charge in [0, 0.05) is 32.0 Å². The second-order valence-electron chi connectivity index (χ2n) is 7.58. The highest BCUT2D eigenvalue weighted by Crippen LogP contribution is 2.41. The van der Waals surface area contributed by atoms with E-state index in [4.69, 9.17) is 14.2 Å². The van der Waals surface area contributed by atoms with Gasteiger partial charge in [-0.2, -0.15) is 0 Å². The van der Waals surface area contributed by atoms with Crippen LogP contribution in [0.15, 0.2) is 42.5 Å². The van der Waals surface area contributed by atoms with Gasteiger partial charge in [-0.05, 0) is 24.3 Å². The minimum absolute atomic E-state index is 0.0368. The number of ketones is 1. The van der Waals surface area contributed by atoms with Crippen molar-refractivity contribution in [1.82, 2.24) is 4.90 Å². The Balaban J connectivity index is 1.51. The lowest BCUT2D eigenvalue weighted by atomic mass is 9.82. The molecule has 4 rings (SSSR count). The average Bonchev–Trinajstić information content (AvgIpc) is 2.78. The Morgan fingerprint density at radius 3 is 2.40 bits per heavy atom. The second kappa shape index (κ2) is 7.82. The molecule has 0 aliphatic carbocycles. The van der Waals surface area contributed by atoms with E-state index in [-0.39, 0.29) is 23.7 Å². The standard InChI is InChI=1S/C23H23NO6/c1-28-15-7-8-18-19(25)14-23(30-20(18)13-15)9-11-24(12-10-23)21(26)16-5-3-4-6-17(16)22(27)29-2/h3-8,13H,9-12,14H2,1-2H3. The first-order chi connectivity index (χ1) is 14.5. The molecular formula is C23H23NO6. The topological polar surface area (TPSA) is 82.1 Å². The normalized spacial score (nSPS) is 17.1. The molecule has 2 aromatic rings. The highest BCUT2D eigenvalue weighted by atomic mass is 16.5. The third-order valence-electron chi connectivity index (χ3n) is 5.82. The molecule has 1 amide bonds. The molecule has 2 aliphatic rings. The lowest BCUT2D eigenvalue weighted by Gasteiger charge is -2.44. The van der Waals surface area contributed by atoms with Crippen LogP contribution in [-0.4, -0.2) is 55.5 Å². The number of hydrogen-bond acceptors (Lipinski definition) is 6. The number of carbonyl (C=O) groups excluding carboxylic acids is 3. The highest BCUT2D eigenvalue weighted by molar-refractivity contribution is 6.05. The van der Waals surface area contributed by atoms with E-state index >= 15 is 0 Å². The van der Waals surface area contributed by atoms with Crippen molar-refractivity contribution in [1.29, 1.82) is 0 Å². The van der Waals surface area contributed by atoms with Crippen molar-refractivity contribution >= 4 is 17.7 Å². The predicted molar refractivity (Wildman–Crippen MR) is 108 cm³/mol. The van der Waals surface area contributed by atoms with Crippen molar-refractivity contribution in [2.45, 2.75) is 24.9 Å². The fourth-order valence-electron chi connectivity index (χ4n) is 4.13. The molecule has 30 heavy (non-hydrogen) atoms. The van der Waals surface area contributed by atoms with Crippen LogP contribution in [0.3, 0.4) is 0 Å². The number of nitrogens with zero attached hydrogens (tertiary/aromatic N) is 1. The van der Waals surface area contributed by atoms with Crippen molar-refractivity contribution < 1.29 is 28.6 Å². The van der Waals surface area contributed by atoms with Crippen LogP contribution < -0.4 is 9.47 Å². The van der Waals surface area contributed by atoms with E-state index in [1.54, 1.807) is 54.5 Å². The smallest absolute Gasteiger partial charge is 0.338 e. The van der Waals surface area contributed by atoms with E-state index in [0.717, 1.165) is 0 Å². The van der Waals surface area contributed by atoms with Gasteiger partial charge in [-0.25, -0.2) is 4.79 Å². The van der Waals surface area contributed by atoms with Crippen molar-refractivity contribution in [3.05, 3.63) is 59.2 Å². The van der Waals surface area contributed by atoms with Crippen molar-refractivity contribution in [3.8, 4) is 11.5 Å². The van der Waals surface area contributed by atoms with E-state index < -0.39 is 11.6 Å². The van der Waals surface area contributed by atoms with Gasteiger partial charge in [0.15, 0.2) is 5.78 Å². The quantitative estimate of drug-likeness (QED) is 0.725. The molecular weight excluding hydrogens is 386 g/mol. The first-order valence-corrected chi connectivity index (χ1v) is 9.83. The van der Waals surface area contributed by atoms with E-state index in [0.29, 0.717) is 48.6 Å². The third kappa shape index (κ3) is 3.51. The summed E-state index contributed by atoms with van der Waals surface area (Å²) in [5, 5.41) is 0. The Morgan fingerprint density at radius 2 is 1.73 bits per heavy atom. The van der Waals surface area contributed by atoms with E-state index in [9.17, 15) is 14.4 Å². The molecule has 1 spiro atoms. The molecule has 1 fully saturated rings. The highest BCUT2D eigenvalue weighted by Gasteiger charge is 2.44. The molecule has 2 aliphatic heterocycles. The molecule has 0 N–H and O–H groups in total. The SMILES string of the molecule is COC(=O)c1ccccc1C(=O)N1CCC2(CC1)CC(=O)c1ccc(OC)cc1O2. The molecule has 7 heteroatoms. The maximum Gasteiger partial charge on any atom is 0.338 e. The summed E-state index contributed by atoms with van der Waals surface area (Å²) in [6, 6.07) is 11.8. The number of carbonyl (C=O) groups is 3. The van der Waals surface area contributed by atoms with Gasteiger partial charge in [0.1, 0.15) is 17.1 Å². The van der Waals surface area contributed by atoms with Crippen LogP contribution in [0.4, 0.5) is 0 Å². The van der Waals surface area contributed by atoms with Gasteiger partial charge >= 0.3 is 5.97 Å². The fraction of sp³-hybridized carbons (Fsp3) is 0.348. The fourth-order valence-corrected chi connectivity index (χ4v) is 4.13. The molecule has 0 atom stereocenters. The summed E-state index contributed by atoms with van der Waals surface area (Å²) in [7, 11) is 2.86. The number of fused-ring (bicyclic) bond motifs is 1. The first-order valence-electron chi connectivity index (χ1n) is 9.83. The van der Waals surface area contributed by atoms with Gasteiger partial charge in [0.05, 0.1) is 37.3 Å². The minimum Gasteiger partial charge on any atom is -0.497 e. The molecule has 2 aromatic carbocycles. The van der Waals surface area contributed by atoms with Gasteiger partial charge in [-0.3, -0.25) is 9.59 Å².